The number of nitrogens with one attached hydrogen (secondary N) is 1. The molecule has 1 aromatic carbocycles. The summed E-state index contributed by atoms with van der Waals surface area (Å²) < 4.78 is 19.9. The Morgan fingerprint density at radius 1 is 1.38 bits per heavy atom. The molecule has 2 rings (SSSR count). The van der Waals surface area contributed by atoms with Crippen molar-refractivity contribution in [3.63, 3.8) is 0 Å². The molecule has 0 saturated heterocycles. The fraction of sp³-hybridized carbons (Fsp3) is 0.533. The van der Waals surface area contributed by atoms with E-state index in [1.54, 1.807) is 12.1 Å². The number of hydrogen-bond donors (Lipinski definition) is 2. The van der Waals surface area contributed by atoms with E-state index in [1.807, 2.05) is 6.07 Å². The van der Waals surface area contributed by atoms with E-state index in [4.69, 9.17) is 15.7 Å². The Balaban J connectivity index is 1.76. The van der Waals surface area contributed by atoms with Gasteiger partial charge in [-0.2, -0.15) is 5.26 Å². The smallest absolute Gasteiger partial charge is 0.161 e. The molecule has 0 aromatic heterocycles. The molecular weight excluding hydrogens is 337 g/mol. The first-order valence-corrected chi connectivity index (χ1v) is 7.90. The maximum absolute atomic E-state index is 14.0. The van der Waals surface area contributed by atoms with E-state index < -0.39 is 5.82 Å². The molecule has 1 saturated carbocycles. The molecule has 6 heteroatoms. The van der Waals surface area contributed by atoms with Crippen molar-refractivity contribution in [3.05, 3.63) is 28.0 Å². The Bertz CT molecular complexity index is 524. The van der Waals surface area contributed by atoms with Crippen molar-refractivity contribution in [2.45, 2.75) is 37.8 Å². The van der Waals surface area contributed by atoms with Gasteiger partial charge in [0, 0.05) is 12.6 Å². The van der Waals surface area contributed by atoms with Gasteiger partial charge in [-0.3, -0.25) is 0 Å². The van der Waals surface area contributed by atoms with Crippen LogP contribution in [0, 0.1) is 17.1 Å². The van der Waals surface area contributed by atoms with E-state index in [-0.39, 0.29) is 16.1 Å². The second-order valence-electron chi connectivity index (χ2n) is 5.23. The molecule has 1 fully saturated rings. The van der Waals surface area contributed by atoms with Crippen molar-refractivity contribution in [2.24, 2.45) is 5.73 Å². The van der Waals surface area contributed by atoms with Crippen molar-refractivity contribution in [2.75, 3.05) is 18.5 Å². The highest BCUT2D eigenvalue weighted by Crippen LogP contribution is 2.26. The van der Waals surface area contributed by atoms with Crippen LogP contribution in [-0.4, -0.2) is 25.3 Å². The number of nitrogens with two attached hydrogens (primary N) is 1. The average molecular weight is 356 g/mol. The van der Waals surface area contributed by atoms with Crippen LogP contribution in [0.1, 0.15) is 31.2 Å². The number of benzene rings is 1. The van der Waals surface area contributed by atoms with Gasteiger partial charge in [0.1, 0.15) is 6.07 Å². The van der Waals surface area contributed by atoms with E-state index in [0.29, 0.717) is 24.9 Å². The molecule has 1 aromatic rings. The maximum Gasteiger partial charge on any atom is 0.161 e. The fourth-order valence-corrected chi connectivity index (χ4v) is 2.87. The lowest BCUT2D eigenvalue weighted by molar-refractivity contribution is 0.0313. The number of ether oxygens (including phenoxy) is 1. The lowest BCUT2D eigenvalue weighted by Gasteiger charge is -2.26. The number of halogens is 2. The van der Waals surface area contributed by atoms with Gasteiger partial charge in [-0.25, -0.2) is 4.39 Å². The van der Waals surface area contributed by atoms with Crippen LogP contribution < -0.4 is 11.1 Å². The molecular formula is C15H19BrFN3O. The Hall–Kier alpha value is -1.16. The third-order valence-corrected chi connectivity index (χ3v) is 4.47. The zero-order valence-corrected chi connectivity index (χ0v) is 13.3. The van der Waals surface area contributed by atoms with Crippen LogP contribution in [-0.2, 0) is 4.74 Å². The molecule has 0 bridgehead atoms. The summed E-state index contributed by atoms with van der Waals surface area (Å²) in [5.41, 5.74) is 6.50. The quantitative estimate of drug-likeness (QED) is 0.795. The number of nitriles is 1. The predicted molar refractivity (Wildman–Crippen MR) is 83.5 cm³/mol. The molecule has 0 radical (unpaired) electrons. The van der Waals surface area contributed by atoms with Gasteiger partial charge in [-0.1, -0.05) is 0 Å². The summed E-state index contributed by atoms with van der Waals surface area (Å²) in [5.74, 6) is -0.447. The number of hydrogen-bond acceptors (Lipinski definition) is 4. The predicted octanol–water partition coefficient (Wildman–Crippen LogP) is 3.16. The molecule has 0 aliphatic heterocycles. The second kappa shape index (κ2) is 7.74. The topological polar surface area (TPSA) is 71.1 Å². The molecule has 21 heavy (non-hydrogen) atoms. The molecule has 0 spiro atoms. The van der Waals surface area contributed by atoms with Crippen molar-refractivity contribution >= 4 is 21.6 Å². The largest absolute Gasteiger partial charge is 0.380 e. The molecule has 1 aliphatic carbocycles. The molecule has 3 N–H and O–H groups in total. The van der Waals surface area contributed by atoms with Gasteiger partial charge in [0.05, 0.1) is 28.4 Å². The van der Waals surface area contributed by atoms with Gasteiger partial charge in [0.25, 0.3) is 0 Å². The third-order valence-electron chi connectivity index (χ3n) is 3.69. The van der Waals surface area contributed by atoms with Crippen molar-refractivity contribution in [1.29, 1.82) is 5.26 Å². The van der Waals surface area contributed by atoms with Crippen molar-refractivity contribution in [3.8, 4) is 6.07 Å². The molecule has 0 amide bonds. The molecule has 0 atom stereocenters. The van der Waals surface area contributed by atoms with Crippen LogP contribution in [0.3, 0.4) is 0 Å². The molecule has 0 heterocycles. The Morgan fingerprint density at radius 3 is 2.76 bits per heavy atom. The Morgan fingerprint density at radius 2 is 2.10 bits per heavy atom. The van der Waals surface area contributed by atoms with Crippen molar-refractivity contribution in [1.82, 2.24) is 0 Å². The summed E-state index contributed by atoms with van der Waals surface area (Å²) in [5, 5.41) is 11.8. The summed E-state index contributed by atoms with van der Waals surface area (Å²) >= 11 is 3.09. The van der Waals surface area contributed by atoms with E-state index in [1.165, 1.54) is 0 Å². The second-order valence-corrected chi connectivity index (χ2v) is 6.03. The summed E-state index contributed by atoms with van der Waals surface area (Å²) in [7, 11) is 0. The molecule has 1 aliphatic rings. The number of anilines is 1. The Kier molecular flexibility index (Phi) is 5.97. The monoisotopic (exact) mass is 355 g/mol. The summed E-state index contributed by atoms with van der Waals surface area (Å²) in [6.07, 6.45) is 4.28. The van der Waals surface area contributed by atoms with Crippen molar-refractivity contribution < 1.29 is 9.13 Å². The van der Waals surface area contributed by atoms with Gasteiger partial charge >= 0.3 is 0 Å². The first-order valence-electron chi connectivity index (χ1n) is 7.11. The zero-order chi connectivity index (χ0) is 15.2. The minimum Gasteiger partial charge on any atom is -0.380 e. The van der Waals surface area contributed by atoms with E-state index in [0.717, 1.165) is 25.7 Å². The molecule has 114 valence electrons. The minimum absolute atomic E-state index is 0.192. The maximum atomic E-state index is 14.0. The SMILES string of the molecule is N#Cc1ccc(NCCOC2CCC(N)CC2)c(F)c1Br. The van der Waals surface area contributed by atoms with Gasteiger partial charge in [0.2, 0.25) is 0 Å². The van der Waals surface area contributed by atoms with Crippen LogP contribution in [0.15, 0.2) is 16.6 Å². The van der Waals surface area contributed by atoms with E-state index >= 15 is 0 Å². The molecule has 4 nitrogen and oxygen atoms in total. The fourth-order valence-electron chi connectivity index (χ4n) is 2.44. The average Bonchev–Trinajstić information content (AvgIpc) is 2.49. The van der Waals surface area contributed by atoms with Crippen LogP contribution >= 0.6 is 15.9 Å². The lowest BCUT2D eigenvalue weighted by atomic mass is 9.94. The lowest BCUT2D eigenvalue weighted by Crippen LogP contribution is -2.31. The summed E-state index contributed by atoms with van der Waals surface area (Å²) in [6, 6.07) is 5.39. The first-order chi connectivity index (χ1) is 10.1. The van der Waals surface area contributed by atoms with Gasteiger partial charge < -0.3 is 15.8 Å². The standard InChI is InChI=1S/C15H19BrFN3O/c16-14-10(9-18)1-6-13(15(14)17)20-7-8-21-12-4-2-11(19)3-5-12/h1,6,11-12,20H,2-5,7-8,19H2. The van der Waals surface area contributed by atoms with Gasteiger partial charge in [0.15, 0.2) is 5.82 Å². The number of nitrogens with zero attached hydrogens (tertiary/aromatic N) is 1. The van der Waals surface area contributed by atoms with Gasteiger partial charge in [-0.15, -0.1) is 0 Å². The normalized spacial score (nSPS) is 21.8. The first kappa shape index (κ1) is 16.2. The number of rotatable bonds is 5. The van der Waals surface area contributed by atoms with Gasteiger partial charge in [-0.05, 0) is 53.7 Å². The van der Waals surface area contributed by atoms with Crippen LogP contribution in [0.5, 0.6) is 0 Å². The summed E-state index contributed by atoms with van der Waals surface area (Å²) in [4.78, 5) is 0. The van der Waals surface area contributed by atoms with Crippen LogP contribution in [0.25, 0.3) is 0 Å². The highest BCUT2D eigenvalue weighted by molar-refractivity contribution is 9.10. The van der Waals surface area contributed by atoms with E-state index in [2.05, 4.69) is 21.2 Å². The van der Waals surface area contributed by atoms with Crippen LogP contribution in [0.2, 0.25) is 0 Å². The third kappa shape index (κ3) is 4.40. The Labute approximate surface area is 132 Å². The highest BCUT2D eigenvalue weighted by atomic mass is 79.9. The van der Waals surface area contributed by atoms with Crippen LogP contribution in [0.4, 0.5) is 10.1 Å². The summed E-state index contributed by atoms with van der Waals surface area (Å²) in [6.45, 7) is 1.05. The molecule has 0 unspecified atom stereocenters. The van der Waals surface area contributed by atoms with E-state index in [9.17, 15) is 4.39 Å². The zero-order valence-electron chi connectivity index (χ0n) is 11.7. The minimum atomic E-state index is -0.447. The highest BCUT2D eigenvalue weighted by Gasteiger charge is 2.18.